The van der Waals surface area contributed by atoms with Gasteiger partial charge in [-0.05, 0) is 51.4 Å². The summed E-state index contributed by atoms with van der Waals surface area (Å²) in [5, 5.41) is 0. The van der Waals surface area contributed by atoms with Gasteiger partial charge in [0, 0.05) is 0 Å². The van der Waals surface area contributed by atoms with Crippen molar-refractivity contribution in [3.63, 3.8) is 0 Å². The van der Waals surface area contributed by atoms with Crippen molar-refractivity contribution in [2.75, 3.05) is 7.11 Å². The minimum atomic E-state index is 0.494. The van der Waals surface area contributed by atoms with Crippen LogP contribution in [-0.4, -0.2) is 7.11 Å². The van der Waals surface area contributed by atoms with Gasteiger partial charge in [0.2, 0.25) is 0 Å². The first kappa shape index (κ1) is 10.0. The molecule has 0 aliphatic heterocycles. The highest BCUT2D eigenvalue weighted by Gasteiger charge is 2.46. The number of rotatable bonds is 2. The number of benzene rings is 1. The molecule has 1 fully saturated rings. The van der Waals surface area contributed by atoms with E-state index in [2.05, 4.69) is 41.9 Å². The Labute approximate surface area is 93.6 Å². The second kappa shape index (κ2) is 3.27. The number of hydrogen-bond donors (Lipinski definition) is 0. The summed E-state index contributed by atoms with van der Waals surface area (Å²) in [4.78, 5) is 0. The van der Waals surface area contributed by atoms with Gasteiger partial charge in [0.05, 0.1) is 11.6 Å². The average Bonchev–Trinajstić information content (AvgIpc) is 2.75. The van der Waals surface area contributed by atoms with Crippen LogP contribution in [0, 0.1) is 5.41 Å². The molecule has 1 aromatic carbocycles. The van der Waals surface area contributed by atoms with Crippen LogP contribution in [0.25, 0.3) is 0 Å². The van der Waals surface area contributed by atoms with Crippen molar-refractivity contribution >= 4 is 15.9 Å². The summed E-state index contributed by atoms with van der Waals surface area (Å²) in [5.74, 6) is 1.64. The van der Waals surface area contributed by atoms with Crippen molar-refractivity contribution in [1.82, 2.24) is 0 Å². The molecule has 1 aliphatic rings. The SMILES string of the molecule is COc1ccc(C2CC2(C)C)cc1Br. The molecule has 0 spiro atoms. The van der Waals surface area contributed by atoms with Crippen molar-refractivity contribution in [3.05, 3.63) is 28.2 Å². The molecule has 2 rings (SSSR count). The Morgan fingerprint density at radius 1 is 1.43 bits per heavy atom. The van der Waals surface area contributed by atoms with Crippen molar-refractivity contribution in [3.8, 4) is 5.75 Å². The standard InChI is InChI=1S/C12H15BrO/c1-12(2)7-9(12)8-4-5-11(14-3)10(13)6-8/h4-6,9H,7H2,1-3H3. The molecule has 1 unspecified atom stereocenters. The van der Waals surface area contributed by atoms with Gasteiger partial charge < -0.3 is 4.74 Å². The molecule has 0 aromatic heterocycles. The zero-order chi connectivity index (χ0) is 10.3. The molecule has 0 heterocycles. The lowest BCUT2D eigenvalue weighted by molar-refractivity contribution is 0.412. The fourth-order valence-electron chi connectivity index (χ4n) is 1.94. The highest BCUT2D eigenvalue weighted by Crippen LogP contribution is 2.58. The van der Waals surface area contributed by atoms with E-state index in [4.69, 9.17) is 4.74 Å². The van der Waals surface area contributed by atoms with Crippen LogP contribution in [-0.2, 0) is 0 Å². The molecule has 1 aliphatic carbocycles. The number of ether oxygens (including phenoxy) is 1. The molecule has 1 nitrogen and oxygen atoms in total. The predicted octanol–water partition coefficient (Wildman–Crippen LogP) is 3.97. The highest BCUT2D eigenvalue weighted by atomic mass is 79.9. The molecule has 0 bridgehead atoms. The van der Waals surface area contributed by atoms with Crippen LogP contribution < -0.4 is 4.74 Å². The maximum absolute atomic E-state index is 5.21. The summed E-state index contributed by atoms with van der Waals surface area (Å²) >= 11 is 3.52. The van der Waals surface area contributed by atoms with E-state index < -0.39 is 0 Å². The Balaban J connectivity index is 2.26. The lowest BCUT2D eigenvalue weighted by Gasteiger charge is -2.07. The van der Waals surface area contributed by atoms with Gasteiger partial charge in [-0.3, -0.25) is 0 Å². The van der Waals surface area contributed by atoms with E-state index in [1.54, 1.807) is 7.11 Å². The molecule has 1 atom stereocenters. The molecule has 1 saturated carbocycles. The zero-order valence-electron chi connectivity index (χ0n) is 8.80. The van der Waals surface area contributed by atoms with Gasteiger partial charge in [-0.1, -0.05) is 19.9 Å². The van der Waals surface area contributed by atoms with Gasteiger partial charge in [0.25, 0.3) is 0 Å². The first-order valence-electron chi connectivity index (χ1n) is 4.88. The normalized spacial score (nSPS) is 23.3. The molecule has 2 heteroatoms. The monoisotopic (exact) mass is 254 g/mol. The molecule has 0 radical (unpaired) electrons. The van der Waals surface area contributed by atoms with Crippen LogP contribution in [0.3, 0.4) is 0 Å². The smallest absolute Gasteiger partial charge is 0.133 e. The Morgan fingerprint density at radius 3 is 2.50 bits per heavy atom. The molecule has 14 heavy (non-hydrogen) atoms. The fraction of sp³-hybridized carbons (Fsp3) is 0.500. The first-order chi connectivity index (χ1) is 6.54. The summed E-state index contributed by atoms with van der Waals surface area (Å²) in [6.45, 7) is 4.63. The maximum atomic E-state index is 5.21. The molecular formula is C12H15BrO. The van der Waals surface area contributed by atoms with Crippen molar-refractivity contribution in [1.29, 1.82) is 0 Å². The zero-order valence-corrected chi connectivity index (χ0v) is 10.4. The number of hydrogen-bond acceptors (Lipinski definition) is 1. The Bertz CT molecular complexity index is 357. The molecule has 0 amide bonds. The third-order valence-electron chi connectivity index (χ3n) is 3.09. The van der Waals surface area contributed by atoms with Gasteiger partial charge in [0.15, 0.2) is 0 Å². The molecule has 0 saturated heterocycles. The Kier molecular flexibility index (Phi) is 2.34. The number of methoxy groups -OCH3 is 1. The van der Waals surface area contributed by atoms with Crippen LogP contribution in [0.15, 0.2) is 22.7 Å². The second-order valence-corrected chi connectivity index (χ2v) is 5.49. The minimum Gasteiger partial charge on any atom is -0.496 e. The van der Waals surface area contributed by atoms with Gasteiger partial charge in [-0.2, -0.15) is 0 Å². The first-order valence-corrected chi connectivity index (χ1v) is 5.67. The average molecular weight is 255 g/mol. The number of halogens is 1. The van der Waals surface area contributed by atoms with Crippen molar-refractivity contribution in [2.45, 2.75) is 26.2 Å². The van der Waals surface area contributed by atoms with Crippen LogP contribution in [0.1, 0.15) is 31.7 Å². The predicted molar refractivity (Wildman–Crippen MR) is 61.8 cm³/mol. The van der Waals surface area contributed by atoms with Crippen LogP contribution in [0.5, 0.6) is 5.75 Å². The van der Waals surface area contributed by atoms with Gasteiger partial charge in [0.1, 0.15) is 5.75 Å². The summed E-state index contributed by atoms with van der Waals surface area (Å²) < 4.78 is 6.26. The van der Waals surface area contributed by atoms with Crippen LogP contribution in [0.2, 0.25) is 0 Å². The topological polar surface area (TPSA) is 9.23 Å². The van der Waals surface area contributed by atoms with Crippen molar-refractivity contribution < 1.29 is 4.74 Å². The van der Waals surface area contributed by atoms with Crippen molar-refractivity contribution in [2.24, 2.45) is 5.41 Å². The highest BCUT2D eigenvalue weighted by molar-refractivity contribution is 9.10. The van der Waals surface area contributed by atoms with Gasteiger partial charge in [-0.15, -0.1) is 0 Å². The van der Waals surface area contributed by atoms with Crippen LogP contribution >= 0.6 is 15.9 Å². The quantitative estimate of drug-likeness (QED) is 0.776. The van der Waals surface area contributed by atoms with E-state index in [1.807, 2.05) is 6.07 Å². The van der Waals surface area contributed by atoms with E-state index >= 15 is 0 Å². The Morgan fingerprint density at radius 2 is 2.07 bits per heavy atom. The van der Waals surface area contributed by atoms with E-state index in [9.17, 15) is 0 Å². The van der Waals surface area contributed by atoms with E-state index in [0.717, 1.165) is 16.1 Å². The van der Waals surface area contributed by atoms with Gasteiger partial charge in [-0.25, -0.2) is 0 Å². The fourth-order valence-corrected chi connectivity index (χ4v) is 2.49. The van der Waals surface area contributed by atoms with E-state index in [0.29, 0.717) is 5.41 Å². The largest absolute Gasteiger partial charge is 0.496 e. The molecule has 0 N–H and O–H groups in total. The Hall–Kier alpha value is -0.500. The molecule has 1 aromatic rings. The third-order valence-corrected chi connectivity index (χ3v) is 3.71. The summed E-state index contributed by atoms with van der Waals surface area (Å²) in [5.41, 5.74) is 1.91. The van der Waals surface area contributed by atoms with Gasteiger partial charge >= 0.3 is 0 Å². The summed E-state index contributed by atoms with van der Waals surface area (Å²) in [6, 6.07) is 6.38. The lowest BCUT2D eigenvalue weighted by Crippen LogP contribution is -1.91. The maximum Gasteiger partial charge on any atom is 0.133 e. The summed E-state index contributed by atoms with van der Waals surface area (Å²) in [7, 11) is 1.70. The summed E-state index contributed by atoms with van der Waals surface area (Å²) in [6.07, 6.45) is 1.30. The second-order valence-electron chi connectivity index (χ2n) is 4.64. The van der Waals surface area contributed by atoms with E-state index in [-0.39, 0.29) is 0 Å². The molecular weight excluding hydrogens is 240 g/mol. The lowest BCUT2D eigenvalue weighted by atomic mass is 10.0. The minimum absolute atomic E-state index is 0.494. The third kappa shape index (κ3) is 1.68. The van der Waals surface area contributed by atoms with E-state index in [1.165, 1.54) is 12.0 Å². The van der Waals surface area contributed by atoms with Crippen LogP contribution in [0.4, 0.5) is 0 Å². The molecule has 76 valence electrons.